The van der Waals surface area contributed by atoms with Gasteiger partial charge in [-0.3, -0.25) is 14.4 Å². The van der Waals surface area contributed by atoms with Crippen molar-refractivity contribution >= 4 is 24.3 Å². The Morgan fingerprint density at radius 1 is 0.976 bits per heavy atom. The molecule has 7 atom stereocenters. The first kappa shape index (κ1) is 37.3. The Kier molecular flexibility index (Phi) is 18.7. The molecule has 0 bridgehead atoms. The maximum absolute atomic E-state index is 12.3. The smallest absolute Gasteiger partial charge is 0.329 e. The molecule has 0 aliphatic carbocycles. The maximum atomic E-state index is 12.3. The molecule has 9 nitrogen and oxygen atoms in total. The number of aliphatic hydroxyl groups excluding tert-OH is 1. The molecule has 2 heterocycles. The molecule has 0 aromatic rings. The van der Waals surface area contributed by atoms with Crippen molar-refractivity contribution in [2.75, 3.05) is 0 Å². The van der Waals surface area contributed by atoms with Crippen molar-refractivity contribution in [3.63, 3.8) is 0 Å². The SMILES string of the molecule is CC=CCC[C@@H](O)C[C@@H]1OC(=O)[C@H]1CCCCCC.CC=CCC[C@H](C[C@@H]1OC(=O)[C@H]1C)OC(=O)[C@@H](NC=O)C(C)C. The molecule has 0 radical (unpaired) electrons. The van der Waals surface area contributed by atoms with Crippen LogP contribution in [0.5, 0.6) is 0 Å². The highest BCUT2D eigenvalue weighted by Crippen LogP contribution is 2.31. The number of nitrogens with one attached hydrogen (secondary N) is 1. The van der Waals surface area contributed by atoms with Gasteiger partial charge in [0.25, 0.3) is 0 Å². The standard InChI is InChI=1S/C17H27NO5.C16H28O3/c1-5-6-7-8-13(9-14-12(4)16(20)23-14)22-17(21)15(11(2)3)18-10-19;1-3-5-7-9-11-14-15(19-16(14)18)12-13(17)10-8-6-4-2/h5-6,10-15H,7-9H2,1-4H3,(H,18,19);4,6,13-15,17H,3,5,7-12H2,1-2H3/t12-,13+,14-,15-;13-,14+,15+/m01/s1. The number of hydrogen-bond donors (Lipinski definition) is 2. The van der Waals surface area contributed by atoms with Crippen LogP contribution in [-0.4, -0.2) is 59.9 Å². The average Bonchev–Trinajstić information content (AvgIpc) is 2.95. The number of aliphatic hydroxyl groups is 1. The second kappa shape index (κ2) is 21.1. The first-order valence-electron chi connectivity index (χ1n) is 15.8. The van der Waals surface area contributed by atoms with Crippen molar-refractivity contribution in [2.45, 2.75) is 143 Å². The van der Waals surface area contributed by atoms with Gasteiger partial charge in [0.2, 0.25) is 6.41 Å². The number of amides is 1. The highest BCUT2D eigenvalue weighted by Gasteiger charge is 2.42. The minimum atomic E-state index is -0.668. The second-order valence-electron chi connectivity index (χ2n) is 11.7. The number of esters is 3. The van der Waals surface area contributed by atoms with Gasteiger partial charge in [-0.25, -0.2) is 4.79 Å². The summed E-state index contributed by atoms with van der Waals surface area (Å²) < 4.78 is 15.9. The van der Waals surface area contributed by atoms with Gasteiger partial charge in [-0.05, 0) is 58.8 Å². The van der Waals surface area contributed by atoms with Gasteiger partial charge in [0.15, 0.2) is 0 Å². The van der Waals surface area contributed by atoms with Crippen LogP contribution in [0.4, 0.5) is 0 Å². The van der Waals surface area contributed by atoms with Crippen LogP contribution >= 0.6 is 0 Å². The van der Waals surface area contributed by atoms with Crippen LogP contribution in [0, 0.1) is 17.8 Å². The van der Waals surface area contributed by atoms with Crippen molar-refractivity contribution in [2.24, 2.45) is 17.8 Å². The molecule has 0 aromatic carbocycles. The second-order valence-corrected chi connectivity index (χ2v) is 11.7. The van der Waals surface area contributed by atoms with E-state index in [0.717, 1.165) is 32.1 Å². The van der Waals surface area contributed by atoms with Crippen molar-refractivity contribution in [1.82, 2.24) is 5.32 Å². The molecular weight excluding hydrogens is 538 g/mol. The van der Waals surface area contributed by atoms with E-state index >= 15 is 0 Å². The van der Waals surface area contributed by atoms with Crippen LogP contribution in [0.3, 0.4) is 0 Å². The summed E-state index contributed by atoms with van der Waals surface area (Å²) in [6.07, 6.45) is 17.4. The molecule has 2 fully saturated rings. The lowest BCUT2D eigenvalue weighted by molar-refractivity contribution is -0.189. The first-order valence-corrected chi connectivity index (χ1v) is 15.8. The number of carbonyl (C=O) groups excluding carboxylic acids is 4. The molecular formula is C33H55NO8. The molecule has 1 amide bonds. The van der Waals surface area contributed by atoms with Gasteiger partial charge < -0.3 is 24.6 Å². The highest BCUT2D eigenvalue weighted by molar-refractivity contribution is 5.79. The van der Waals surface area contributed by atoms with E-state index in [-0.39, 0.29) is 54.1 Å². The molecule has 2 N–H and O–H groups in total. The normalized spacial score (nSPS) is 23.6. The summed E-state index contributed by atoms with van der Waals surface area (Å²) in [6, 6.07) is -0.668. The molecule has 0 spiro atoms. The van der Waals surface area contributed by atoms with E-state index in [4.69, 9.17) is 14.2 Å². The summed E-state index contributed by atoms with van der Waals surface area (Å²) in [6.45, 7) is 11.6. The number of carbonyl (C=O) groups is 4. The molecule has 0 saturated carbocycles. The van der Waals surface area contributed by atoms with Crippen LogP contribution < -0.4 is 5.32 Å². The number of hydrogen-bond acceptors (Lipinski definition) is 8. The molecule has 2 aliphatic heterocycles. The third-order valence-corrected chi connectivity index (χ3v) is 7.83. The largest absolute Gasteiger partial charge is 0.461 e. The molecule has 0 aromatic heterocycles. The van der Waals surface area contributed by atoms with Gasteiger partial charge in [0, 0.05) is 12.8 Å². The van der Waals surface area contributed by atoms with Crippen molar-refractivity contribution in [3.8, 4) is 0 Å². The zero-order chi connectivity index (χ0) is 31.5. The van der Waals surface area contributed by atoms with Crippen molar-refractivity contribution in [1.29, 1.82) is 0 Å². The van der Waals surface area contributed by atoms with Crippen LogP contribution in [0.15, 0.2) is 24.3 Å². The monoisotopic (exact) mass is 593 g/mol. The Balaban J connectivity index is 0.000000428. The first-order chi connectivity index (χ1) is 20.1. The lowest BCUT2D eigenvalue weighted by atomic mass is 9.87. The summed E-state index contributed by atoms with van der Waals surface area (Å²) in [5.41, 5.74) is 0. The topological polar surface area (TPSA) is 128 Å². The molecule has 2 rings (SSSR count). The number of unbranched alkanes of at least 4 members (excludes halogenated alkanes) is 3. The van der Waals surface area contributed by atoms with Crippen LogP contribution in [0.25, 0.3) is 0 Å². The predicted molar refractivity (Wildman–Crippen MR) is 162 cm³/mol. The van der Waals surface area contributed by atoms with E-state index in [1.54, 1.807) is 0 Å². The van der Waals surface area contributed by atoms with E-state index < -0.39 is 12.0 Å². The van der Waals surface area contributed by atoms with Gasteiger partial charge in [-0.1, -0.05) is 70.8 Å². The Morgan fingerprint density at radius 2 is 1.62 bits per heavy atom. The Labute approximate surface area is 252 Å². The van der Waals surface area contributed by atoms with E-state index in [0.29, 0.717) is 25.7 Å². The summed E-state index contributed by atoms with van der Waals surface area (Å²) >= 11 is 0. The zero-order valence-corrected chi connectivity index (χ0v) is 26.6. The fourth-order valence-corrected chi connectivity index (χ4v) is 5.01. The number of rotatable bonds is 20. The third kappa shape index (κ3) is 13.5. The van der Waals surface area contributed by atoms with Gasteiger partial charge in [-0.2, -0.15) is 0 Å². The van der Waals surface area contributed by atoms with Gasteiger partial charge >= 0.3 is 17.9 Å². The number of ether oxygens (including phenoxy) is 3. The average molecular weight is 594 g/mol. The summed E-state index contributed by atoms with van der Waals surface area (Å²) in [4.78, 5) is 45.6. The van der Waals surface area contributed by atoms with E-state index in [2.05, 4.69) is 18.3 Å². The highest BCUT2D eigenvalue weighted by atomic mass is 16.6. The molecule has 2 aliphatic rings. The fraction of sp³-hybridized carbons (Fsp3) is 0.758. The van der Waals surface area contributed by atoms with Gasteiger partial charge in [0.05, 0.1) is 17.9 Å². The zero-order valence-electron chi connectivity index (χ0n) is 26.6. The maximum Gasteiger partial charge on any atom is 0.329 e. The van der Waals surface area contributed by atoms with Crippen LogP contribution in [0.1, 0.15) is 112 Å². The number of cyclic esters (lactones) is 2. The van der Waals surface area contributed by atoms with Crippen molar-refractivity contribution < 1.29 is 38.5 Å². The van der Waals surface area contributed by atoms with Gasteiger partial charge in [0.1, 0.15) is 24.4 Å². The Hall–Kier alpha value is -2.68. The van der Waals surface area contributed by atoms with Crippen LogP contribution in [0.2, 0.25) is 0 Å². The fourth-order valence-electron chi connectivity index (χ4n) is 5.01. The number of allylic oxidation sites excluding steroid dienone is 4. The van der Waals surface area contributed by atoms with E-state index in [1.807, 2.05) is 52.8 Å². The van der Waals surface area contributed by atoms with Gasteiger partial charge in [-0.15, -0.1) is 0 Å². The Bertz CT molecular complexity index is 870. The summed E-state index contributed by atoms with van der Waals surface area (Å²) in [7, 11) is 0. The van der Waals surface area contributed by atoms with E-state index in [9.17, 15) is 24.3 Å². The Morgan fingerprint density at radius 3 is 2.14 bits per heavy atom. The minimum absolute atomic E-state index is 0.0354. The lowest BCUT2D eigenvalue weighted by Crippen LogP contribution is -2.47. The minimum Gasteiger partial charge on any atom is -0.461 e. The summed E-state index contributed by atoms with van der Waals surface area (Å²) in [5, 5.41) is 12.4. The van der Waals surface area contributed by atoms with E-state index in [1.165, 1.54) is 19.3 Å². The van der Waals surface area contributed by atoms with Crippen molar-refractivity contribution in [3.05, 3.63) is 24.3 Å². The van der Waals surface area contributed by atoms with Crippen LogP contribution in [-0.2, 0) is 33.4 Å². The predicted octanol–water partition coefficient (Wildman–Crippen LogP) is 5.58. The lowest BCUT2D eigenvalue weighted by Gasteiger charge is -2.36. The molecule has 0 unspecified atom stereocenters. The molecule has 240 valence electrons. The molecule has 42 heavy (non-hydrogen) atoms. The molecule has 9 heteroatoms. The summed E-state index contributed by atoms with van der Waals surface area (Å²) in [5.74, 6) is -0.918. The third-order valence-electron chi connectivity index (χ3n) is 7.83. The molecule has 2 saturated heterocycles. The quantitative estimate of drug-likeness (QED) is 0.0615.